The Bertz CT molecular complexity index is 470. The van der Waals surface area contributed by atoms with Gasteiger partial charge in [-0.25, -0.2) is 0 Å². The summed E-state index contributed by atoms with van der Waals surface area (Å²) < 4.78 is 39.3. The first-order valence-electron chi connectivity index (χ1n) is 6.23. The van der Waals surface area contributed by atoms with E-state index in [0.29, 0.717) is 28.5 Å². The van der Waals surface area contributed by atoms with E-state index in [2.05, 4.69) is 31.9 Å². The van der Waals surface area contributed by atoms with E-state index in [-0.39, 0.29) is 18.7 Å². The van der Waals surface area contributed by atoms with Gasteiger partial charge in [0.1, 0.15) is 5.75 Å². The van der Waals surface area contributed by atoms with Gasteiger partial charge in [0.2, 0.25) is 0 Å². The monoisotopic (exact) mass is 415 g/mol. The average Bonchev–Trinajstić information content (AvgIpc) is 2.35. The van der Waals surface area contributed by atoms with Crippen molar-refractivity contribution >= 4 is 31.9 Å². The number of benzene rings is 1. The van der Waals surface area contributed by atoms with Crippen LogP contribution in [0.4, 0.5) is 13.2 Å². The Hall–Kier alpha value is -0.270. The lowest BCUT2D eigenvalue weighted by Gasteiger charge is -2.33. The minimum Gasteiger partial charge on any atom is -0.506 e. The molecule has 1 aliphatic heterocycles. The lowest BCUT2D eigenvalue weighted by molar-refractivity contribution is -0.187. The van der Waals surface area contributed by atoms with E-state index >= 15 is 0 Å². The van der Waals surface area contributed by atoms with Crippen LogP contribution in [0.5, 0.6) is 5.75 Å². The normalized spacial score (nSPS) is 21.1. The molecule has 0 aliphatic carbocycles. The molecule has 1 fully saturated rings. The zero-order chi connectivity index (χ0) is 14.9. The van der Waals surface area contributed by atoms with E-state index in [1.165, 1.54) is 0 Å². The molecule has 1 aromatic rings. The molecule has 2 nitrogen and oxygen atoms in total. The third-order valence-electron chi connectivity index (χ3n) is 3.45. The first-order valence-corrected chi connectivity index (χ1v) is 7.82. The Labute approximate surface area is 132 Å². The van der Waals surface area contributed by atoms with Crippen LogP contribution in [0.25, 0.3) is 0 Å². The van der Waals surface area contributed by atoms with Gasteiger partial charge in [0.05, 0.1) is 14.9 Å². The highest BCUT2D eigenvalue weighted by molar-refractivity contribution is 9.11. The molecule has 0 saturated carbocycles. The Morgan fingerprint density at radius 3 is 2.40 bits per heavy atom. The topological polar surface area (TPSA) is 23.5 Å². The highest BCUT2D eigenvalue weighted by Gasteiger charge is 2.41. The quantitative estimate of drug-likeness (QED) is 0.755. The Morgan fingerprint density at radius 2 is 1.85 bits per heavy atom. The lowest BCUT2D eigenvalue weighted by Crippen LogP contribution is -2.41. The molecule has 7 heteroatoms. The summed E-state index contributed by atoms with van der Waals surface area (Å²) in [5.74, 6) is -1.14. The molecule has 112 valence electrons. The predicted octanol–water partition coefficient (Wildman–Crippen LogP) is 4.69. The summed E-state index contributed by atoms with van der Waals surface area (Å²) in [6, 6.07) is 3.47. The average molecular weight is 417 g/mol. The number of hydrogen-bond acceptors (Lipinski definition) is 2. The van der Waals surface area contributed by atoms with Crippen LogP contribution in [0.15, 0.2) is 21.1 Å². The minimum atomic E-state index is -4.12. The van der Waals surface area contributed by atoms with Crippen molar-refractivity contribution in [2.24, 2.45) is 5.92 Å². The number of likely N-dealkylation sites (tertiary alicyclic amines) is 1. The van der Waals surface area contributed by atoms with Gasteiger partial charge in [-0.1, -0.05) is 0 Å². The van der Waals surface area contributed by atoms with Gasteiger partial charge in [0.15, 0.2) is 0 Å². The summed E-state index contributed by atoms with van der Waals surface area (Å²) in [7, 11) is 0. The number of phenolic OH excluding ortho intramolecular Hbond substituents is 1. The first kappa shape index (κ1) is 16.1. The number of piperidine rings is 1. The summed E-state index contributed by atoms with van der Waals surface area (Å²) in [5, 5.41) is 9.63. The van der Waals surface area contributed by atoms with Gasteiger partial charge < -0.3 is 5.11 Å². The standard InChI is InChI=1S/C13H14Br2F3NO/c14-10-4-8(5-11(15)12(10)20)6-19-3-1-2-9(7-19)13(16,17)18/h4-5,9,20H,1-3,6-7H2. The number of alkyl halides is 3. The lowest BCUT2D eigenvalue weighted by atomic mass is 9.97. The van der Waals surface area contributed by atoms with Crippen molar-refractivity contribution in [2.45, 2.75) is 25.6 Å². The maximum absolute atomic E-state index is 12.8. The van der Waals surface area contributed by atoms with Gasteiger partial charge in [-0.3, -0.25) is 4.90 Å². The smallest absolute Gasteiger partial charge is 0.393 e. The molecule has 0 bridgehead atoms. The Morgan fingerprint density at radius 1 is 1.25 bits per heavy atom. The molecule has 0 radical (unpaired) electrons. The third kappa shape index (κ3) is 3.89. The molecule has 20 heavy (non-hydrogen) atoms. The van der Waals surface area contributed by atoms with Crippen molar-refractivity contribution in [3.63, 3.8) is 0 Å². The second kappa shape index (κ2) is 6.23. The van der Waals surface area contributed by atoms with Crippen LogP contribution in [0, 0.1) is 5.92 Å². The fourth-order valence-corrected chi connectivity index (χ4v) is 3.72. The van der Waals surface area contributed by atoms with Crippen molar-refractivity contribution in [2.75, 3.05) is 13.1 Å². The summed E-state index contributed by atoms with van der Waals surface area (Å²) >= 11 is 6.45. The van der Waals surface area contributed by atoms with E-state index in [9.17, 15) is 18.3 Å². The molecule has 0 amide bonds. The molecule has 0 spiro atoms. The van der Waals surface area contributed by atoms with Crippen LogP contribution in [0.2, 0.25) is 0 Å². The zero-order valence-corrected chi connectivity index (χ0v) is 13.7. The fraction of sp³-hybridized carbons (Fsp3) is 0.538. The van der Waals surface area contributed by atoms with Crippen LogP contribution in [-0.4, -0.2) is 29.3 Å². The van der Waals surface area contributed by atoms with Crippen LogP contribution < -0.4 is 0 Å². The van der Waals surface area contributed by atoms with Gasteiger partial charge in [-0.15, -0.1) is 0 Å². The Kier molecular flexibility index (Phi) is 5.02. The van der Waals surface area contributed by atoms with Crippen LogP contribution in [-0.2, 0) is 6.54 Å². The van der Waals surface area contributed by atoms with Crippen LogP contribution >= 0.6 is 31.9 Å². The molecule has 1 aliphatic rings. The number of aromatic hydroxyl groups is 1. The van der Waals surface area contributed by atoms with Gasteiger partial charge >= 0.3 is 6.18 Å². The number of rotatable bonds is 2. The van der Waals surface area contributed by atoms with Gasteiger partial charge in [-0.2, -0.15) is 13.2 Å². The summed E-state index contributed by atoms with van der Waals surface area (Å²) in [5.41, 5.74) is 0.865. The second-order valence-electron chi connectivity index (χ2n) is 5.02. The van der Waals surface area contributed by atoms with Crippen LogP contribution in [0.1, 0.15) is 18.4 Å². The van der Waals surface area contributed by atoms with Gasteiger partial charge in [0.25, 0.3) is 0 Å². The van der Waals surface area contributed by atoms with Crippen molar-refractivity contribution in [1.82, 2.24) is 4.90 Å². The second-order valence-corrected chi connectivity index (χ2v) is 6.73. The number of phenols is 1. The minimum absolute atomic E-state index is 0.0413. The summed E-state index contributed by atoms with van der Waals surface area (Å²) in [6.45, 7) is 1.16. The maximum atomic E-state index is 12.8. The fourth-order valence-electron chi connectivity index (χ4n) is 2.43. The summed E-state index contributed by atoms with van der Waals surface area (Å²) in [6.07, 6.45) is -3.34. The van der Waals surface area contributed by atoms with E-state index in [1.807, 2.05) is 4.90 Å². The maximum Gasteiger partial charge on any atom is 0.393 e. The van der Waals surface area contributed by atoms with Gasteiger partial charge in [-0.05, 0) is 68.9 Å². The molecule has 1 atom stereocenters. The molecule has 1 aromatic carbocycles. The highest BCUT2D eigenvalue weighted by atomic mass is 79.9. The zero-order valence-electron chi connectivity index (χ0n) is 10.6. The van der Waals surface area contributed by atoms with E-state index in [1.54, 1.807) is 12.1 Å². The molecule has 1 heterocycles. The van der Waals surface area contributed by atoms with Gasteiger partial charge in [0, 0.05) is 13.1 Å². The van der Waals surface area contributed by atoms with E-state index in [4.69, 9.17) is 0 Å². The molecule has 1 saturated heterocycles. The molecule has 1 N–H and O–H groups in total. The summed E-state index contributed by atoms with van der Waals surface area (Å²) in [4.78, 5) is 1.81. The first-order chi connectivity index (χ1) is 9.27. The SMILES string of the molecule is Oc1c(Br)cc(CN2CCCC(C(F)(F)F)C2)cc1Br. The molecule has 2 rings (SSSR count). The largest absolute Gasteiger partial charge is 0.506 e. The van der Waals surface area contributed by atoms with Crippen molar-refractivity contribution < 1.29 is 18.3 Å². The molecule has 0 aromatic heterocycles. The van der Waals surface area contributed by atoms with E-state index < -0.39 is 12.1 Å². The van der Waals surface area contributed by atoms with Crippen LogP contribution in [0.3, 0.4) is 0 Å². The molecular weight excluding hydrogens is 403 g/mol. The highest BCUT2D eigenvalue weighted by Crippen LogP contribution is 2.36. The number of nitrogens with zero attached hydrogens (tertiary/aromatic N) is 1. The molecular formula is C13H14Br2F3NO. The number of halogens is 5. The third-order valence-corrected chi connectivity index (χ3v) is 4.66. The van der Waals surface area contributed by atoms with Crippen molar-refractivity contribution in [3.8, 4) is 5.75 Å². The number of hydrogen-bond donors (Lipinski definition) is 1. The Balaban J connectivity index is 2.07. The van der Waals surface area contributed by atoms with Crippen molar-refractivity contribution in [3.05, 3.63) is 26.6 Å². The predicted molar refractivity (Wildman–Crippen MR) is 77.6 cm³/mol. The van der Waals surface area contributed by atoms with E-state index in [0.717, 1.165) is 5.56 Å². The molecule has 1 unspecified atom stereocenters. The van der Waals surface area contributed by atoms with Crippen molar-refractivity contribution in [1.29, 1.82) is 0 Å².